The Morgan fingerprint density at radius 3 is 2.26 bits per heavy atom. The Balaban J connectivity index is 0.00000131. The van der Waals surface area contributed by atoms with Crippen molar-refractivity contribution in [2.24, 2.45) is 17.8 Å². The van der Waals surface area contributed by atoms with Crippen molar-refractivity contribution in [3.63, 3.8) is 0 Å². The fourth-order valence-corrected chi connectivity index (χ4v) is 5.77. The minimum absolute atomic E-state index is 0. The molecular formula is C21H39Cl2N3O. The molecule has 3 atom stereocenters. The predicted molar refractivity (Wildman–Crippen MR) is 116 cm³/mol. The van der Waals surface area contributed by atoms with E-state index >= 15 is 0 Å². The van der Waals surface area contributed by atoms with Crippen LogP contribution in [0.25, 0.3) is 0 Å². The third kappa shape index (κ3) is 6.22. The van der Waals surface area contributed by atoms with E-state index in [2.05, 4.69) is 22.0 Å². The number of carbonyl (C=O) groups is 1. The van der Waals surface area contributed by atoms with Crippen LogP contribution in [0.3, 0.4) is 0 Å². The van der Waals surface area contributed by atoms with Crippen molar-refractivity contribution in [1.82, 2.24) is 15.1 Å². The maximum atomic E-state index is 12.9. The zero-order chi connectivity index (χ0) is 17.2. The summed E-state index contributed by atoms with van der Waals surface area (Å²) in [6, 6.07) is 1.40. The smallest absolute Gasteiger partial charge is 0.222 e. The first-order valence-electron chi connectivity index (χ1n) is 10.9. The lowest BCUT2D eigenvalue weighted by molar-refractivity contribution is -0.134. The first kappa shape index (κ1) is 23.3. The summed E-state index contributed by atoms with van der Waals surface area (Å²) in [5, 5.41) is 3.70. The summed E-state index contributed by atoms with van der Waals surface area (Å²) in [4.78, 5) is 17.7. The molecule has 1 amide bonds. The van der Waals surface area contributed by atoms with Gasteiger partial charge in [0.1, 0.15) is 0 Å². The maximum absolute atomic E-state index is 12.9. The van der Waals surface area contributed by atoms with Gasteiger partial charge in [0.2, 0.25) is 5.91 Å². The van der Waals surface area contributed by atoms with Gasteiger partial charge in [-0.15, -0.1) is 24.8 Å². The van der Waals surface area contributed by atoms with E-state index in [0.717, 1.165) is 25.4 Å². The van der Waals surface area contributed by atoms with Gasteiger partial charge in [0, 0.05) is 38.1 Å². The van der Waals surface area contributed by atoms with Crippen LogP contribution in [0.15, 0.2) is 0 Å². The standard InChI is InChI=1S/C21H37N3O.2ClH/c1-16-6-9-23(10-7-16)14-17-3-2-8-24(15-17)21(25)13-18-11-19-4-5-20(12-18)22-19;;/h16-20,22H,2-15H2,1H3;2*1H. The molecule has 2 bridgehead atoms. The van der Waals surface area contributed by atoms with Crippen molar-refractivity contribution in [1.29, 1.82) is 0 Å². The highest BCUT2D eigenvalue weighted by Gasteiger charge is 2.35. The topological polar surface area (TPSA) is 35.6 Å². The van der Waals surface area contributed by atoms with Crippen LogP contribution in [0.4, 0.5) is 0 Å². The molecule has 0 saturated carbocycles. The molecule has 3 unspecified atom stereocenters. The molecule has 158 valence electrons. The summed E-state index contributed by atoms with van der Waals surface area (Å²) >= 11 is 0. The van der Waals surface area contributed by atoms with Gasteiger partial charge in [0.05, 0.1) is 0 Å². The first-order valence-corrected chi connectivity index (χ1v) is 10.9. The summed E-state index contributed by atoms with van der Waals surface area (Å²) in [6.07, 6.45) is 11.1. The van der Waals surface area contributed by atoms with Crippen molar-refractivity contribution >= 4 is 30.7 Å². The highest BCUT2D eigenvalue weighted by molar-refractivity contribution is 5.85. The number of likely N-dealkylation sites (tertiary alicyclic amines) is 2. The Kier molecular flexibility index (Phi) is 9.18. The molecule has 0 aliphatic carbocycles. The summed E-state index contributed by atoms with van der Waals surface area (Å²) in [7, 11) is 0. The van der Waals surface area contributed by atoms with E-state index in [4.69, 9.17) is 0 Å². The van der Waals surface area contributed by atoms with E-state index in [1.54, 1.807) is 0 Å². The van der Waals surface area contributed by atoms with Crippen molar-refractivity contribution in [3.05, 3.63) is 0 Å². The molecule has 4 aliphatic rings. The second-order valence-electron chi connectivity index (χ2n) is 9.51. The van der Waals surface area contributed by atoms with Crippen LogP contribution >= 0.6 is 24.8 Å². The van der Waals surface area contributed by atoms with E-state index < -0.39 is 0 Å². The summed E-state index contributed by atoms with van der Waals surface area (Å²) < 4.78 is 0. The molecule has 0 aromatic carbocycles. The van der Waals surface area contributed by atoms with Crippen molar-refractivity contribution in [2.75, 3.05) is 32.7 Å². The predicted octanol–water partition coefficient (Wildman–Crippen LogP) is 3.72. The quantitative estimate of drug-likeness (QED) is 0.753. The van der Waals surface area contributed by atoms with Crippen LogP contribution in [-0.2, 0) is 4.79 Å². The molecule has 4 fully saturated rings. The molecule has 4 saturated heterocycles. The van der Waals surface area contributed by atoms with Gasteiger partial charge in [-0.05, 0) is 82.2 Å². The van der Waals surface area contributed by atoms with Crippen LogP contribution in [0.2, 0.25) is 0 Å². The summed E-state index contributed by atoms with van der Waals surface area (Å²) in [5.74, 6) is 2.69. The molecule has 27 heavy (non-hydrogen) atoms. The minimum Gasteiger partial charge on any atom is -0.342 e. The normalized spacial score (nSPS) is 34.6. The highest BCUT2D eigenvalue weighted by Crippen LogP contribution is 2.33. The summed E-state index contributed by atoms with van der Waals surface area (Å²) in [6.45, 7) is 8.15. The van der Waals surface area contributed by atoms with E-state index in [0.29, 0.717) is 29.8 Å². The van der Waals surface area contributed by atoms with Crippen LogP contribution in [0, 0.1) is 17.8 Å². The Morgan fingerprint density at radius 2 is 1.59 bits per heavy atom. The number of rotatable bonds is 4. The van der Waals surface area contributed by atoms with Crippen LogP contribution in [-0.4, -0.2) is 60.5 Å². The van der Waals surface area contributed by atoms with Gasteiger partial charge in [-0.2, -0.15) is 0 Å². The van der Waals surface area contributed by atoms with Gasteiger partial charge in [0.15, 0.2) is 0 Å². The minimum atomic E-state index is 0. The molecule has 0 radical (unpaired) electrons. The van der Waals surface area contributed by atoms with Gasteiger partial charge in [-0.1, -0.05) is 6.92 Å². The molecule has 4 aliphatic heterocycles. The van der Waals surface area contributed by atoms with Gasteiger partial charge in [-0.25, -0.2) is 0 Å². The van der Waals surface area contributed by atoms with Crippen molar-refractivity contribution in [3.8, 4) is 0 Å². The van der Waals surface area contributed by atoms with E-state index in [9.17, 15) is 4.79 Å². The average Bonchev–Trinajstić information content (AvgIpc) is 2.96. The third-order valence-electron chi connectivity index (χ3n) is 7.30. The summed E-state index contributed by atoms with van der Waals surface area (Å²) in [5.41, 5.74) is 0. The number of piperidine rings is 3. The Labute approximate surface area is 178 Å². The van der Waals surface area contributed by atoms with Gasteiger partial charge in [-0.3, -0.25) is 4.79 Å². The molecule has 4 heterocycles. The first-order chi connectivity index (χ1) is 12.2. The molecule has 4 nitrogen and oxygen atoms in total. The zero-order valence-corrected chi connectivity index (χ0v) is 18.5. The van der Waals surface area contributed by atoms with Crippen LogP contribution in [0.5, 0.6) is 0 Å². The highest BCUT2D eigenvalue weighted by atomic mass is 35.5. The Morgan fingerprint density at radius 1 is 0.926 bits per heavy atom. The Hall–Kier alpha value is -0.0300. The second-order valence-corrected chi connectivity index (χ2v) is 9.51. The average molecular weight is 420 g/mol. The Bertz CT molecular complexity index is 458. The number of fused-ring (bicyclic) bond motifs is 2. The zero-order valence-electron chi connectivity index (χ0n) is 16.9. The molecule has 1 N–H and O–H groups in total. The molecule has 4 rings (SSSR count). The lowest BCUT2D eigenvalue weighted by Gasteiger charge is -2.38. The van der Waals surface area contributed by atoms with E-state index in [1.807, 2.05) is 0 Å². The second kappa shape index (κ2) is 10.7. The fourth-order valence-electron chi connectivity index (χ4n) is 5.77. The fraction of sp³-hybridized carbons (Fsp3) is 0.952. The lowest BCUT2D eigenvalue weighted by Crippen LogP contribution is -2.46. The third-order valence-corrected chi connectivity index (χ3v) is 7.30. The van der Waals surface area contributed by atoms with Gasteiger partial charge >= 0.3 is 0 Å². The maximum Gasteiger partial charge on any atom is 0.222 e. The van der Waals surface area contributed by atoms with Crippen molar-refractivity contribution < 1.29 is 4.79 Å². The molecule has 0 spiro atoms. The van der Waals surface area contributed by atoms with Gasteiger partial charge < -0.3 is 15.1 Å². The van der Waals surface area contributed by atoms with E-state index in [1.165, 1.54) is 71.0 Å². The molecular weight excluding hydrogens is 381 g/mol. The number of amides is 1. The number of hydrogen-bond acceptors (Lipinski definition) is 3. The van der Waals surface area contributed by atoms with E-state index in [-0.39, 0.29) is 24.8 Å². The SMILES string of the molecule is CC1CCN(CC2CCCN(C(=O)CC3CC4CCC(C3)N4)C2)CC1.Cl.Cl. The van der Waals surface area contributed by atoms with Gasteiger partial charge in [0.25, 0.3) is 0 Å². The number of nitrogens with one attached hydrogen (secondary N) is 1. The lowest BCUT2D eigenvalue weighted by atomic mass is 9.88. The monoisotopic (exact) mass is 419 g/mol. The van der Waals surface area contributed by atoms with Crippen LogP contribution < -0.4 is 5.32 Å². The number of halogens is 2. The number of carbonyl (C=O) groups excluding carboxylic acids is 1. The molecule has 0 aromatic heterocycles. The molecule has 6 heteroatoms. The van der Waals surface area contributed by atoms with Crippen LogP contribution in [0.1, 0.15) is 64.7 Å². The molecule has 0 aromatic rings. The number of nitrogens with zero attached hydrogens (tertiary/aromatic N) is 2. The largest absolute Gasteiger partial charge is 0.342 e. The number of hydrogen-bond donors (Lipinski definition) is 1. The van der Waals surface area contributed by atoms with Crippen molar-refractivity contribution in [2.45, 2.75) is 76.8 Å².